The predicted octanol–water partition coefficient (Wildman–Crippen LogP) is 2.60. The van der Waals surface area contributed by atoms with Crippen molar-refractivity contribution in [2.45, 2.75) is 52.6 Å². The lowest BCUT2D eigenvalue weighted by Gasteiger charge is -2.15. The highest BCUT2D eigenvalue weighted by Gasteiger charge is 2.30. The Kier molecular flexibility index (Phi) is 3.71. The Morgan fingerprint density at radius 2 is 1.79 bits per heavy atom. The first-order chi connectivity index (χ1) is 8.70. The molecule has 0 spiro atoms. The first kappa shape index (κ1) is 14.5. The number of nitrogens with zero attached hydrogens (tertiary/aromatic N) is 2. The highest BCUT2D eigenvalue weighted by Crippen LogP contribution is 2.32. The lowest BCUT2D eigenvalue weighted by molar-refractivity contribution is 0.433. The summed E-state index contributed by atoms with van der Waals surface area (Å²) in [6.45, 7) is 9.39. The van der Waals surface area contributed by atoms with Crippen molar-refractivity contribution in [2.75, 3.05) is 6.26 Å². The fourth-order valence-electron chi connectivity index (χ4n) is 2.43. The second-order valence-corrected chi connectivity index (χ2v) is 7.88. The number of rotatable bonds is 3. The lowest BCUT2D eigenvalue weighted by atomic mass is 9.94. The Balaban J connectivity index is 2.51. The molecule has 1 aliphatic heterocycles. The molecule has 0 aromatic carbocycles. The van der Waals surface area contributed by atoms with Crippen molar-refractivity contribution in [1.29, 1.82) is 0 Å². The van der Waals surface area contributed by atoms with Gasteiger partial charge >= 0.3 is 0 Å². The fourth-order valence-corrected chi connectivity index (χ4v) is 3.15. The van der Waals surface area contributed by atoms with Gasteiger partial charge in [0, 0.05) is 12.2 Å². The molecule has 4 nitrogen and oxygen atoms in total. The van der Waals surface area contributed by atoms with E-state index in [0.29, 0.717) is 24.9 Å². The van der Waals surface area contributed by atoms with E-state index in [9.17, 15) is 8.42 Å². The van der Waals surface area contributed by atoms with Crippen LogP contribution in [0.1, 0.15) is 62.0 Å². The van der Waals surface area contributed by atoms with Gasteiger partial charge in [0.1, 0.15) is 0 Å². The first-order valence-electron chi connectivity index (χ1n) is 6.68. The van der Waals surface area contributed by atoms with E-state index in [2.05, 4.69) is 38.7 Å². The molecule has 1 aromatic rings. The van der Waals surface area contributed by atoms with Crippen molar-refractivity contribution >= 4 is 10.0 Å². The van der Waals surface area contributed by atoms with Crippen molar-refractivity contribution in [3.05, 3.63) is 28.6 Å². The van der Waals surface area contributed by atoms with Gasteiger partial charge in [-0.2, -0.15) is 4.31 Å². The van der Waals surface area contributed by atoms with E-state index in [0.717, 1.165) is 17.0 Å². The summed E-state index contributed by atoms with van der Waals surface area (Å²) < 4.78 is 24.9. The Morgan fingerprint density at radius 3 is 2.26 bits per heavy atom. The Bertz CT molecular complexity index is 592. The molecule has 2 heterocycles. The van der Waals surface area contributed by atoms with Gasteiger partial charge in [-0.1, -0.05) is 27.7 Å². The van der Waals surface area contributed by atoms with Crippen LogP contribution in [0.4, 0.5) is 0 Å². The molecule has 0 amide bonds. The molecule has 0 atom stereocenters. The largest absolute Gasteiger partial charge is 0.256 e. The average molecular weight is 282 g/mol. The average Bonchev–Trinajstić information content (AvgIpc) is 2.70. The molecule has 0 bridgehead atoms. The van der Waals surface area contributed by atoms with Gasteiger partial charge in [-0.05, 0) is 29.0 Å². The maximum absolute atomic E-state index is 11.7. The summed E-state index contributed by atoms with van der Waals surface area (Å²) in [6.07, 6.45) is 1.26. The monoisotopic (exact) mass is 282 g/mol. The van der Waals surface area contributed by atoms with Gasteiger partial charge in [-0.15, -0.1) is 0 Å². The zero-order chi connectivity index (χ0) is 14.4. The van der Waals surface area contributed by atoms with Crippen LogP contribution < -0.4 is 0 Å². The number of hydrogen-bond acceptors (Lipinski definition) is 3. The quantitative estimate of drug-likeness (QED) is 0.856. The van der Waals surface area contributed by atoms with E-state index in [1.807, 2.05) is 0 Å². The number of pyridine rings is 1. The number of sulfonamides is 1. The van der Waals surface area contributed by atoms with Crippen LogP contribution in [0.25, 0.3) is 0 Å². The maximum atomic E-state index is 11.7. The highest BCUT2D eigenvalue weighted by atomic mass is 32.2. The van der Waals surface area contributed by atoms with Crippen molar-refractivity contribution in [1.82, 2.24) is 9.29 Å². The van der Waals surface area contributed by atoms with Crippen molar-refractivity contribution in [2.24, 2.45) is 0 Å². The second kappa shape index (κ2) is 4.87. The van der Waals surface area contributed by atoms with E-state index < -0.39 is 10.0 Å². The lowest BCUT2D eigenvalue weighted by Crippen LogP contribution is -2.24. The molecule has 0 aliphatic carbocycles. The minimum Gasteiger partial charge on any atom is -0.256 e. The van der Waals surface area contributed by atoms with Gasteiger partial charge in [0.15, 0.2) is 0 Å². The third kappa shape index (κ3) is 2.82. The van der Waals surface area contributed by atoms with Gasteiger partial charge in [0.25, 0.3) is 0 Å². The van der Waals surface area contributed by atoms with E-state index >= 15 is 0 Å². The fraction of sp³-hybridized carbons (Fsp3) is 0.643. The first-order valence-corrected chi connectivity index (χ1v) is 8.52. The van der Waals surface area contributed by atoms with E-state index in [1.165, 1.54) is 16.1 Å². The van der Waals surface area contributed by atoms with Crippen LogP contribution in [-0.2, 0) is 23.1 Å². The van der Waals surface area contributed by atoms with Crippen LogP contribution in [-0.4, -0.2) is 24.0 Å². The highest BCUT2D eigenvalue weighted by molar-refractivity contribution is 7.88. The smallest absolute Gasteiger partial charge is 0.211 e. The summed E-state index contributed by atoms with van der Waals surface area (Å²) >= 11 is 0. The summed E-state index contributed by atoms with van der Waals surface area (Å²) in [5.41, 5.74) is 4.32. The van der Waals surface area contributed by atoms with Crippen molar-refractivity contribution in [3.63, 3.8) is 0 Å². The van der Waals surface area contributed by atoms with Gasteiger partial charge in [-0.3, -0.25) is 4.98 Å². The normalized spacial score (nSPS) is 16.4. The number of fused-ring (bicyclic) bond motifs is 1. The van der Waals surface area contributed by atoms with Crippen molar-refractivity contribution < 1.29 is 8.42 Å². The summed E-state index contributed by atoms with van der Waals surface area (Å²) in [5.74, 6) is 0.740. The van der Waals surface area contributed by atoms with Gasteiger partial charge in [0.05, 0.1) is 18.5 Å². The van der Waals surface area contributed by atoms with Crippen LogP contribution in [0.3, 0.4) is 0 Å². The molecule has 0 fully saturated rings. The molecule has 1 aliphatic rings. The summed E-state index contributed by atoms with van der Waals surface area (Å²) in [5, 5.41) is 0. The van der Waals surface area contributed by atoms with E-state index in [1.54, 1.807) is 0 Å². The third-order valence-electron chi connectivity index (χ3n) is 3.61. The molecule has 0 unspecified atom stereocenters. The van der Waals surface area contributed by atoms with Gasteiger partial charge in [0.2, 0.25) is 10.0 Å². The Hall–Kier alpha value is -0.940. The van der Waals surface area contributed by atoms with Crippen LogP contribution >= 0.6 is 0 Å². The second-order valence-electron chi connectivity index (χ2n) is 5.90. The van der Waals surface area contributed by atoms with Gasteiger partial charge < -0.3 is 0 Å². The molecular formula is C14H22N2O2S. The SMILES string of the molecule is CC(C)c1cc(C(C)C)c2c(n1)CN(S(C)(=O)=O)C2. The number of hydrogen-bond donors (Lipinski definition) is 0. The predicted molar refractivity (Wildman–Crippen MR) is 76.5 cm³/mol. The standard InChI is InChI=1S/C14H22N2O2S/c1-9(2)11-6-13(10(3)4)15-14-8-16(7-12(11)14)19(5,17)18/h6,9-10H,7-8H2,1-5H3. The minimum atomic E-state index is -3.15. The molecule has 0 saturated heterocycles. The minimum absolute atomic E-state index is 0.357. The molecule has 19 heavy (non-hydrogen) atoms. The van der Waals surface area contributed by atoms with Crippen LogP contribution in [0, 0.1) is 0 Å². The molecule has 2 rings (SSSR count). The third-order valence-corrected chi connectivity index (χ3v) is 4.80. The number of aromatic nitrogens is 1. The zero-order valence-corrected chi connectivity index (χ0v) is 13.1. The van der Waals surface area contributed by atoms with Crippen LogP contribution in [0.5, 0.6) is 0 Å². The molecule has 0 saturated carbocycles. The van der Waals surface area contributed by atoms with Gasteiger partial charge in [-0.25, -0.2) is 8.42 Å². The van der Waals surface area contributed by atoms with E-state index in [-0.39, 0.29) is 0 Å². The van der Waals surface area contributed by atoms with Crippen LogP contribution in [0.2, 0.25) is 0 Å². The Morgan fingerprint density at radius 1 is 1.16 bits per heavy atom. The topological polar surface area (TPSA) is 50.3 Å². The van der Waals surface area contributed by atoms with Crippen molar-refractivity contribution in [3.8, 4) is 0 Å². The summed E-state index contributed by atoms with van der Waals surface area (Å²) in [6, 6.07) is 2.14. The Labute approximate surface area is 115 Å². The maximum Gasteiger partial charge on any atom is 0.211 e. The molecular weight excluding hydrogens is 260 g/mol. The zero-order valence-electron chi connectivity index (χ0n) is 12.3. The molecule has 5 heteroatoms. The van der Waals surface area contributed by atoms with E-state index in [4.69, 9.17) is 0 Å². The molecule has 1 aromatic heterocycles. The molecule has 0 radical (unpaired) electrons. The molecule has 0 N–H and O–H groups in total. The van der Waals surface area contributed by atoms with Crippen LogP contribution in [0.15, 0.2) is 6.07 Å². The summed E-state index contributed by atoms with van der Waals surface area (Å²) in [7, 11) is -3.15. The summed E-state index contributed by atoms with van der Waals surface area (Å²) in [4.78, 5) is 4.65. The molecule has 106 valence electrons.